The first-order valence-electron chi connectivity index (χ1n) is 5.53. The van der Waals surface area contributed by atoms with Gasteiger partial charge in [0.25, 0.3) is 0 Å². The number of aldehydes is 1. The maximum atomic E-state index is 11.0. The lowest BCUT2D eigenvalue weighted by Gasteiger charge is -1.97. The van der Waals surface area contributed by atoms with E-state index in [2.05, 4.69) is 12.0 Å². The van der Waals surface area contributed by atoms with E-state index < -0.39 is 0 Å². The molecule has 2 aromatic rings. The summed E-state index contributed by atoms with van der Waals surface area (Å²) in [4.78, 5) is 12.0. The number of thiophene rings is 1. The second kappa shape index (κ2) is 5.47. The summed E-state index contributed by atoms with van der Waals surface area (Å²) < 4.78 is 2.54. The summed E-state index contributed by atoms with van der Waals surface area (Å²) in [6, 6.07) is 3.72. The highest BCUT2D eigenvalue weighted by atomic mass is 35.5. The highest BCUT2D eigenvalue weighted by molar-refractivity contribution is 7.19. The molecule has 2 rings (SSSR count). The van der Waals surface area contributed by atoms with Crippen molar-refractivity contribution in [2.24, 2.45) is 0 Å². The molecule has 2 heterocycles. The summed E-state index contributed by atoms with van der Waals surface area (Å²) in [6.45, 7) is 2.97. The van der Waals surface area contributed by atoms with Crippen LogP contribution in [0.5, 0.6) is 0 Å². The monoisotopic (exact) mass is 268 g/mol. The predicted octanol–water partition coefficient (Wildman–Crippen LogP) is 3.88. The van der Waals surface area contributed by atoms with Crippen molar-refractivity contribution in [2.45, 2.75) is 26.3 Å². The van der Waals surface area contributed by atoms with Crippen LogP contribution < -0.4 is 0 Å². The normalized spacial score (nSPS) is 10.7. The van der Waals surface area contributed by atoms with Crippen molar-refractivity contribution in [1.29, 1.82) is 0 Å². The van der Waals surface area contributed by atoms with Crippen LogP contribution in [0.4, 0.5) is 0 Å². The van der Waals surface area contributed by atoms with Gasteiger partial charge in [-0.2, -0.15) is 5.10 Å². The van der Waals surface area contributed by atoms with E-state index in [0.717, 1.165) is 36.2 Å². The number of hydrogen-bond donors (Lipinski definition) is 0. The van der Waals surface area contributed by atoms with Gasteiger partial charge in [-0.25, -0.2) is 0 Å². The van der Waals surface area contributed by atoms with Crippen LogP contribution in [-0.4, -0.2) is 16.1 Å². The molecule has 3 nitrogen and oxygen atoms in total. The Morgan fingerprint density at radius 2 is 2.35 bits per heavy atom. The van der Waals surface area contributed by atoms with Gasteiger partial charge in [-0.05, 0) is 18.6 Å². The number of rotatable bonds is 5. The van der Waals surface area contributed by atoms with Crippen molar-refractivity contribution in [3.8, 4) is 10.6 Å². The van der Waals surface area contributed by atoms with Crippen LogP contribution >= 0.6 is 22.9 Å². The summed E-state index contributed by atoms with van der Waals surface area (Å²) in [5.41, 5.74) is 1.35. The minimum Gasteiger partial charge on any atom is -0.298 e. The van der Waals surface area contributed by atoms with Crippen molar-refractivity contribution in [3.63, 3.8) is 0 Å². The Labute approximate surface area is 109 Å². The van der Waals surface area contributed by atoms with E-state index in [-0.39, 0.29) is 0 Å². The second-order valence-electron chi connectivity index (χ2n) is 3.77. The average Bonchev–Trinajstić information content (AvgIpc) is 2.92. The van der Waals surface area contributed by atoms with Crippen LogP contribution in [-0.2, 0) is 6.54 Å². The molecule has 0 bridgehead atoms. The number of unbranched alkanes of at least 4 members (excludes halogenated alkanes) is 1. The van der Waals surface area contributed by atoms with Crippen molar-refractivity contribution in [3.05, 3.63) is 28.2 Å². The first kappa shape index (κ1) is 12.3. The first-order valence-corrected chi connectivity index (χ1v) is 6.72. The zero-order valence-corrected chi connectivity index (χ0v) is 11.1. The van der Waals surface area contributed by atoms with E-state index in [1.54, 1.807) is 6.20 Å². The minimum atomic E-state index is 0.625. The summed E-state index contributed by atoms with van der Waals surface area (Å²) in [6.07, 6.45) is 4.81. The standard InChI is InChI=1S/C12H13ClN2OS/c1-2-3-6-15-7-9(8-16)12(14-15)10-4-5-11(13)17-10/h4-5,7-8H,2-3,6H2,1H3. The Hall–Kier alpha value is -1.13. The Morgan fingerprint density at radius 3 is 2.94 bits per heavy atom. The lowest BCUT2D eigenvalue weighted by molar-refractivity contribution is 0.112. The number of nitrogens with zero attached hydrogens (tertiary/aromatic N) is 2. The van der Waals surface area contributed by atoms with Gasteiger partial charge in [0.2, 0.25) is 0 Å². The molecule has 17 heavy (non-hydrogen) atoms. The summed E-state index contributed by atoms with van der Waals surface area (Å²) in [5.74, 6) is 0. The molecule has 5 heteroatoms. The van der Waals surface area contributed by atoms with Crippen LogP contribution in [0.1, 0.15) is 30.1 Å². The third-order valence-corrected chi connectivity index (χ3v) is 3.70. The molecular weight excluding hydrogens is 256 g/mol. The Bertz CT molecular complexity index is 518. The zero-order chi connectivity index (χ0) is 12.3. The van der Waals surface area contributed by atoms with Crippen molar-refractivity contribution in [1.82, 2.24) is 9.78 Å². The van der Waals surface area contributed by atoms with Crippen LogP contribution in [0, 0.1) is 0 Å². The van der Waals surface area contributed by atoms with Gasteiger partial charge < -0.3 is 0 Å². The second-order valence-corrected chi connectivity index (χ2v) is 5.49. The van der Waals surface area contributed by atoms with E-state index >= 15 is 0 Å². The first-order chi connectivity index (χ1) is 8.24. The average molecular weight is 269 g/mol. The Kier molecular flexibility index (Phi) is 3.97. The molecule has 2 aromatic heterocycles. The molecular formula is C12H13ClN2OS. The molecule has 0 N–H and O–H groups in total. The third kappa shape index (κ3) is 2.76. The molecule has 0 saturated heterocycles. The molecule has 90 valence electrons. The largest absolute Gasteiger partial charge is 0.298 e. The van der Waals surface area contributed by atoms with E-state index in [1.165, 1.54) is 11.3 Å². The van der Waals surface area contributed by atoms with E-state index in [1.807, 2.05) is 16.8 Å². The smallest absolute Gasteiger partial charge is 0.153 e. The van der Waals surface area contributed by atoms with Gasteiger partial charge >= 0.3 is 0 Å². The molecule has 0 aliphatic rings. The number of aryl methyl sites for hydroxylation is 1. The van der Waals surface area contributed by atoms with Crippen LogP contribution in [0.15, 0.2) is 18.3 Å². The molecule has 0 aromatic carbocycles. The molecule has 0 amide bonds. The van der Waals surface area contributed by atoms with E-state index in [9.17, 15) is 4.79 Å². The number of hydrogen-bond acceptors (Lipinski definition) is 3. The van der Waals surface area contributed by atoms with Gasteiger partial charge in [0, 0.05) is 12.7 Å². The summed E-state index contributed by atoms with van der Waals surface area (Å²) in [7, 11) is 0. The molecule has 0 spiro atoms. The van der Waals surface area contributed by atoms with Gasteiger partial charge in [-0.1, -0.05) is 24.9 Å². The zero-order valence-electron chi connectivity index (χ0n) is 9.52. The molecule has 0 saturated carbocycles. The molecule has 0 radical (unpaired) electrons. The number of aromatic nitrogens is 2. The maximum absolute atomic E-state index is 11.0. The van der Waals surface area contributed by atoms with Crippen LogP contribution in [0.2, 0.25) is 4.34 Å². The van der Waals surface area contributed by atoms with Gasteiger partial charge in [-0.3, -0.25) is 9.48 Å². The quantitative estimate of drug-likeness (QED) is 0.772. The summed E-state index contributed by atoms with van der Waals surface area (Å²) in [5, 5.41) is 4.44. The minimum absolute atomic E-state index is 0.625. The fourth-order valence-electron chi connectivity index (χ4n) is 1.59. The topological polar surface area (TPSA) is 34.9 Å². The fourth-order valence-corrected chi connectivity index (χ4v) is 2.64. The highest BCUT2D eigenvalue weighted by Gasteiger charge is 2.12. The van der Waals surface area contributed by atoms with Crippen molar-refractivity contribution >= 4 is 29.2 Å². The van der Waals surface area contributed by atoms with Gasteiger partial charge in [0.05, 0.1) is 14.8 Å². The Morgan fingerprint density at radius 1 is 1.53 bits per heavy atom. The third-order valence-electron chi connectivity index (χ3n) is 2.46. The number of halogens is 1. The fraction of sp³-hybridized carbons (Fsp3) is 0.333. The number of carbonyl (C=O) groups is 1. The summed E-state index contributed by atoms with van der Waals surface area (Å²) >= 11 is 7.33. The molecule has 0 aliphatic carbocycles. The van der Waals surface area contributed by atoms with E-state index in [0.29, 0.717) is 9.90 Å². The lowest BCUT2D eigenvalue weighted by Crippen LogP contribution is -1.97. The van der Waals surface area contributed by atoms with Crippen molar-refractivity contribution < 1.29 is 4.79 Å². The SMILES string of the molecule is CCCCn1cc(C=O)c(-c2ccc(Cl)s2)n1. The molecule has 0 unspecified atom stereocenters. The van der Waals surface area contributed by atoms with Crippen LogP contribution in [0.3, 0.4) is 0 Å². The van der Waals surface area contributed by atoms with Crippen LogP contribution in [0.25, 0.3) is 10.6 Å². The predicted molar refractivity (Wildman–Crippen MR) is 70.8 cm³/mol. The van der Waals surface area contributed by atoms with Crippen molar-refractivity contribution in [2.75, 3.05) is 0 Å². The van der Waals surface area contributed by atoms with Gasteiger partial charge in [0.1, 0.15) is 5.69 Å². The maximum Gasteiger partial charge on any atom is 0.153 e. The molecule has 0 atom stereocenters. The molecule has 0 fully saturated rings. The highest BCUT2D eigenvalue weighted by Crippen LogP contribution is 2.31. The molecule has 0 aliphatic heterocycles. The number of carbonyl (C=O) groups excluding carboxylic acids is 1. The Balaban J connectivity index is 2.32. The van der Waals surface area contributed by atoms with Gasteiger partial charge in [-0.15, -0.1) is 11.3 Å². The van der Waals surface area contributed by atoms with E-state index in [4.69, 9.17) is 11.6 Å². The van der Waals surface area contributed by atoms with Gasteiger partial charge in [0.15, 0.2) is 6.29 Å². The lowest BCUT2D eigenvalue weighted by atomic mass is 10.2.